The molecule has 2 unspecified atom stereocenters. The second-order valence-corrected chi connectivity index (χ2v) is 7.13. The van der Waals surface area contributed by atoms with E-state index >= 15 is 0 Å². The number of nitrogens with zero attached hydrogens (tertiary/aromatic N) is 1. The third kappa shape index (κ3) is 3.44. The number of nitrogens with two attached hydrogens (primary N) is 1. The Balaban J connectivity index is 2.40. The lowest BCUT2D eigenvalue weighted by Gasteiger charge is -2.38. The van der Waals surface area contributed by atoms with Gasteiger partial charge in [0.2, 0.25) is 0 Å². The van der Waals surface area contributed by atoms with Crippen molar-refractivity contribution < 1.29 is 0 Å². The molecule has 1 fully saturated rings. The molecule has 3 heteroatoms. The van der Waals surface area contributed by atoms with Crippen LogP contribution in [0.15, 0.2) is 22.7 Å². The molecule has 2 N–H and O–H groups in total. The first-order chi connectivity index (χ1) is 9.54. The fourth-order valence-corrected chi connectivity index (χ4v) is 3.66. The summed E-state index contributed by atoms with van der Waals surface area (Å²) >= 11 is 3.61. The summed E-state index contributed by atoms with van der Waals surface area (Å²) in [5.41, 5.74) is 8.83. The van der Waals surface area contributed by atoms with Crippen LogP contribution < -0.4 is 5.73 Å². The minimum absolute atomic E-state index is 0.467. The number of rotatable bonds is 3. The van der Waals surface area contributed by atoms with Gasteiger partial charge in [-0.3, -0.25) is 4.90 Å². The number of hydrogen-bond donors (Lipinski definition) is 1. The number of likely N-dealkylation sites (tertiary alicyclic amines) is 1. The van der Waals surface area contributed by atoms with Crippen molar-refractivity contribution in [3.8, 4) is 0 Å². The zero-order chi connectivity index (χ0) is 14.7. The molecule has 1 saturated heterocycles. The third-order valence-corrected chi connectivity index (χ3v) is 5.42. The number of aryl methyl sites for hydroxylation is 1. The molecule has 2 nitrogen and oxygen atoms in total. The standard InChI is InChI=1S/C17H27BrN2/c1-12(2)20-9-5-4-6-15(11-19)17(20)14-7-8-16(18)13(3)10-14/h7-8,10,12,15,17H,4-6,9,11,19H2,1-3H3. The first-order valence-corrected chi connectivity index (χ1v) is 8.55. The highest BCUT2D eigenvalue weighted by Gasteiger charge is 2.31. The van der Waals surface area contributed by atoms with Gasteiger partial charge in [-0.25, -0.2) is 0 Å². The van der Waals surface area contributed by atoms with Crippen molar-refractivity contribution in [2.45, 2.75) is 52.1 Å². The zero-order valence-electron chi connectivity index (χ0n) is 12.9. The van der Waals surface area contributed by atoms with Crippen LogP contribution in [-0.4, -0.2) is 24.0 Å². The monoisotopic (exact) mass is 338 g/mol. The fraction of sp³-hybridized carbons (Fsp3) is 0.647. The molecule has 1 aliphatic heterocycles. The Kier molecular flexibility index (Phi) is 5.65. The maximum absolute atomic E-state index is 6.09. The molecular weight excluding hydrogens is 312 g/mol. The van der Waals surface area contributed by atoms with E-state index < -0.39 is 0 Å². The van der Waals surface area contributed by atoms with Crippen molar-refractivity contribution >= 4 is 15.9 Å². The van der Waals surface area contributed by atoms with Gasteiger partial charge in [0.1, 0.15) is 0 Å². The van der Waals surface area contributed by atoms with Crippen molar-refractivity contribution in [3.05, 3.63) is 33.8 Å². The molecule has 0 amide bonds. The first kappa shape index (κ1) is 16.0. The Morgan fingerprint density at radius 2 is 2.10 bits per heavy atom. The van der Waals surface area contributed by atoms with E-state index in [1.54, 1.807) is 0 Å². The van der Waals surface area contributed by atoms with E-state index in [-0.39, 0.29) is 0 Å². The van der Waals surface area contributed by atoms with Gasteiger partial charge in [0.05, 0.1) is 0 Å². The summed E-state index contributed by atoms with van der Waals surface area (Å²) in [5, 5.41) is 0. The molecule has 1 heterocycles. The van der Waals surface area contributed by atoms with Crippen LogP contribution in [0.2, 0.25) is 0 Å². The molecule has 1 aromatic rings. The van der Waals surface area contributed by atoms with Gasteiger partial charge in [-0.2, -0.15) is 0 Å². The molecular formula is C17H27BrN2. The predicted octanol–water partition coefficient (Wildman–Crippen LogP) is 4.27. The number of hydrogen-bond acceptors (Lipinski definition) is 2. The van der Waals surface area contributed by atoms with Crippen LogP contribution in [-0.2, 0) is 0 Å². The first-order valence-electron chi connectivity index (χ1n) is 7.76. The summed E-state index contributed by atoms with van der Waals surface area (Å²) in [6.07, 6.45) is 3.84. The highest BCUT2D eigenvalue weighted by atomic mass is 79.9. The van der Waals surface area contributed by atoms with Crippen molar-refractivity contribution in [1.29, 1.82) is 0 Å². The molecule has 2 rings (SSSR count). The lowest BCUT2D eigenvalue weighted by molar-refractivity contribution is 0.121. The zero-order valence-corrected chi connectivity index (χ0v) is 14.5. The number of benzene rings is 1. The normalized spacial score (nSPS) is 24.9. The minimum atomic E-state index is 0.467. The van der Waals surface area contributed by atoms with Crippen molar-refractivity contribution in [1.82, 2.24) is 4.90 Å². The van der Waals surface area contributed by atoms with E-state index in [1.807, 2.05) is 0 Å². The molecule has 2 atom stereocenters. The van der Waals surface area contributed by atoms with Crippen LogP contribution in [0.4, 0.5) is 0 Å². The molecule has 0 aromatic heterocycles. The molecule has 0 aliphatic carbocycles. The smallest absolute Gasteiger partial charge is 0.0391 e. The SMILES string of the molecule is Cc1cc(C2C(CN)CCCCN2C(C)C)ccc1Br. The average Bonchev–Trinajstić information content (AvgIpc) is 2.64. The lowest BCUT2D eigenvalue weighted by atomic mass is 9.88. The molecule has 20 heavy (non-hydrogen) atoms. The Morgan fingerprint density at radius 3 is 2.70 bits per heavy atom. The predicted molar refractivity (Wildman–Crippen MR) is 89.9 cm³/mol. The van der Waals surface area contributed by atoms with Gasteiger partial charge >= 0.3 is 0 Å². The Morgan fingerprint density at radius 1 is 1.35 bits per heavy atom. The lowest BCUT2D eigenvalue weighted by Crippen LogP contribution is -2.39. The van der Waals surface area contributed by atoms with Gasteiger partial charge in [-0.1, -0.05) is 34.5 Å². The minimum Gasteiger partial charge on any atom is -0.330 e. The fourth-order valence-electron chi connectivity index (χ4n) is 3.41. The van der Waals surface area contributed by atoms with E-state index in [2.05, 4.69) is 59.8 Å². The summed E-state index contributed by atoms with van der Waals surface area (Å²) in [7, 11) is 0. The summed E-state index contributed by atoms with van der Waals surface area (Å²) in [6, 6.07) is 7.82. The van der Waals surface area contributed by atoms with Crippen LogP contribution in [0.5, 0.6) is 0 Å². The van der Waals surface area contributed by atoms with Crippen LogP contribution in [0.1, 0.15) is 50.3 Å². The van der Waals surface area contributed by atoms with Crippen LogP contribution in [0.25, 0.3) is 0 Å². The van der Waals surface area contributed by atoms with Crippen LogP contribution in [0.3, 0.4) is 0 Å². The second-order valence-electron chi connectivity index (χ2n) is 6.28. The Hall–Kier alpha value is -0.380. The van der Waals surface area contributed by atoms with E-state index in [4.69, 9.17) is 5.73 Å². The highest BCUT2D eigenvalue weighted by molar-refractivity contribution is 9.10. The summed E-state index contributed by atoms with van der Waals surface area (Å²) < 4.78 is 1.19. The quantitative estimate of drug-likeness (QED) is 0.891. The van der Waals surface area contributed by atoms with Gasteiger partial charge in [-0.05, 0) is 69.8 Å². The molecule has 1 aliphatic rings. The van der Waals surface area contributed by atoms with E-state index in [1.165, 1.54) is 41.4 Å². The van der Waals surface area contributed by atoms with Gasteiger partial charge in [0.25, 0.3) is 0 Å². The van der Waals surface area contributed by atoms with E-state index in [9.17, 15) is 0 Å². The van der Waals surface area contributed by atoms with Gasteiger partial charge < -0.3 is 5.73 Å². The Labute approximate surface area is 131 Å². The van der Waals surface area contributed by atoms with E-state index in [0.29, 0.717) is 18.0 Å². The molecule has 112 valence electrons. The maximum Gasteiger partial charge on any atom is 0.0391 e. The summed E-state index contributed by atoms with van der Waals surface area (Å²) in [4.78, 5) is 2.65. The Bertz CT molecular complexity index is 445. The number of halogens is 1. The topological polar surface area (TPSA) is 29.3 Å². The van der Waals surface area contributed by atoms with Gasteiger partial charge in [0.15, 0.2) is 0 Å². The summed E-state index contributed by atoms with van der Waals surface area (Å²) in [5.74, 6) is 0.570. The molecule has 0 saturated carbocycles. The summed E-state index contributed by atoms with van der Waals surface area (Å²) in [6.45, 7) is 8.74. The molecule has 0 bridgehead atoms. The third-order valence-electron chi connectivity index (χ3n) is 4.53. The van der Waals surface area contributed by atoms with Crippen LogP contribution >= 0.6 is 15.9 Å². The van der Waals surface area contributed by atoms with Gasteiger partial charge in [0, 0.05) is 16.6 Å². The second kappa shape index (κ2) is 7.06. The van der Waals surface area contributed by atoms with Crippen LogP contribution in [0, 0.1) is 12.8 Å². The average molecular weight is 339 g/mol. The van der Waals surface area contributed by atoms with Crippen molar-refractivity contribution in [3.63, 3.8) is 0 Å². The van der Waals surface area contributed by atoms with E-state index in [0.717, 1.165) is 6.54 Å². The molecule has 1 aromatic carbocycles. The maximum atomic E-state index is 6.09. The largest absolute Gasteiger partial charge is 0.330 e. The highest BCUT2D eigenvalue weighted by Crippen LogP contribution is 2.37. The van der Waals surface area contributed by atoms with Gasteiger partial charge in [-0.15, -0.1) is 0 Å². The van der Waals surface area contributed by atoms with Crippen molar-refractivity contribution in [2.24, 2.45) is 11.7 Å². The molecule has 0 spiro atoms. The van der Waals surface area contributed by atoms with Crippen molar-refractivity contribution in [2.75, 3.05) is 13.1 Å². The molecule has 0 radical (unpaired) electrons.